The van der Waals surface area contributed by atoms with Crippen molar-refractivity contribution >= 4 is 0 Å². The maximum Gasteiger partial charge on any atom is 0.200 e. The molecule has 1 aromatic carbocycles. The van der Waals surface area contributed by atoms with Crippen LogP contribution in [0.25, 0.3) is 0 Å². The molecule has 0 fully saturated rings. The molecule has 1 aromatic rings. The van der Waals surface area contributed by atoms with Gasteiger partial charge in [-0.2, -0.15) is 4.39 Å². The molecule has 0 saturated heterocycles. The third-order valence-corrected chi connectivity index (χ3v) is 2.98. The maximum atomic E-state index is 13.7. The first-order chi connectivity index (χ1) is 8.70. The number of hydrogen-bond acceptors (Lipinski definition) is 1. The van der Waals surface area contributed by atoms with Crippen molar-refractivity contribution in [2.24, 2.45) is 0 Å². The summed E-state index contributed by atoms with van der Waals surface area (Å²) < 4.78 is 32.3. The lowest BCUT2D eigenvalue weighted by atomic mass is 10.0. The summed E-state index contributed by atoms with van der Waals surface area (Å²) in [6.07, 6.45) is 6.13. The fourth-order valence-electron chi connectivity index (χ4n) is 1.95. The van der Waals surface area contributed by atoms with E-state index < -0.39 is 11.6 Å². The van der Waals surface area contributed by atoms with E-state index in [1.165, 1.54) is 18.9 Å². The average molecular weight is 256 g/mol. The molecule has 0 radical (unpaired) electrons. The van der Waals surface area contributed by atoms with Gasteiger partial charge < -0.3 is 4.74 Å². The molecule has 3 heteroatoms. The van der Waals surface area contributed by atoms with Gasteiger partial charge in [-0.05, 0) is 31.4 Å². The van der Waals surface area contributed by atoms with Gasteiger partial charge in [0.1, 0.15) is 0 Å². The van der Waals surface area contributed by atoms with Gasteiger partial charge in [0.2, 0.25) is 5.82 Å². The lowest BCUT2D eigenvalue weighted by Crippen LogP contribution is -2.00. The normalized spacial score (nSPS) is 10.7. The van der Waals surface area contributed by atoms with Crippen LogP contribution in [0.15, 0.2) is 12.1 Å². The third kappa shape index (κ3) is 4.28. The van der Waals surface area contributed by atoms with E-state index in [4.69, 9.17) is 4.74 Å². The Morgan fingerprint density at radius 2 is 1.67 bits per heavy atom. The van der Waals surface area contributed by atoms with E-state index in [9.17, 15) is 8.78 Å². The van der Waals surface area contributed by atoms with Crippen molar-refractivity contribution in [3.8, 4) is 5.75 Å². The SMILES string of the molecule is CCCCCCCc1ccc(OCC)c(F)c1F. The number of aryl methyl sites for hydroxylation is 1. The van der Waals surface area contributed by atoms with Gasteiger partial charge in [0.05, 0.1) is 6.61 Å². The Kier molecular flexibility index (Phi) is 6.69. The summed E-state index contributed by atoms with van der Waals surface area (Å²) >= 11 is 0. The fourth-order valence-corrected chi connectivity index (χ4v) is 1.95. The number of benzene rings is 1. The van der Waals surface area contributed by atoms with Gasteiger partial charge in [-0.1, -0.05) is 38.7 Å². The standard InChI is InChI=1S/C15H22F2O/c1-3-5-6-7-8-9-12-10-11-13(18-4-2)15(17)14(12)16/h10-11H,3-9H2,1-2H3. The summed E-state index contributed by atoms with van der Waals surface area (Å²) in [7, 11) is 0. The first kappa shape index (κ1) is 14.9. The molecule has 1 nitrogen and oxygen atoms in total. The molecule has 0 heterocycles. The van der Waals surface area contributed by atoms with Crippen LogP contribution in [0, 0.1) is 11.6 Å². The quantitative estimate of drug-likeness (QED) is 0.602. The van der Waals surface area contributed by atoms with Crippen molar-refractivity contribution in [1.82, 2.24) is 0 Å². The molecule has 102 valence electrons. The molecule has 0 amide bonds. The van der Waals surface area contributed by atoms with Gasteiger partial charge in [-0.3, -0.25) is 0 Å². The van der Waals surface area contributed by atoms with Crippen LogP contribution in [0.4, 0.5) is 8.78 Å². The number of rotatable bonds is 8. The van der Waals surface area contributed by atoms with Gasteiger partial charge in [0.15, 0.2) is 11.6 Å². The Morgan fingerprint density at radius 3 is 2.33 bits per heavy atom. The summed E-state index contributed by atoms with van der Waals surface area (Å²) in [5.74, 6) is -1.61. The first-order valence-corrected chi connectivity index (χ1v) is 6.80. The predicted molar refractivity (Wildman–Crippen MR) is 70.0 cm³/mol. The van der Waals surface area contributed by atoms with Gasteiger partial charge in [-0.25, -0.2) is 4.39 Å². The molecule has 18 heavy (non-hydrogen) atoms. The highest BCUT2D eigenvalue weighted by Gasteiger charge is 2.13. The zero-order valence-electron chi connectivity index (χ0n) is 11.3. The zero-order valence-corrected chi connectivity index (χ0v) is 11.3. The molecule has 0 spiro atoms. The van der Waals surface area contributed by atoms with Crippen LogP contribution in [0.2, 0.25) is 0 Å². The van der Waals surface area contributed by atoms with Crippen molar-refractivity contribution < 1.29 is 13.5 Å². The van der Waals surface area contributed by atoms with Crippen molar-refractivity contribution in [3.63, 3.8) is 0 Å². The van der Waals surface area contributed by atoms with E-state index in [1.807, 2.05) is 0 Å². The Morgan fingerprint density at radius 1 is 0.944 bits per heavy atom. The minimum Gasteiger partial charge on any atom is -0.491 e. The van der Waals surface area contributed by atoms with E-state index in [1.54, 1.807) is 13.0 Å². The van der Waals surface area contributed by atoms with Crippen molar-refractivity contribution in [2.45, 2.75) is 52.4 Å². The summed E-state index contributed by atoms with van der Waals surface area (Å²) in [6, 6.07) is 3.15. The zero-order chi connectivity index (χ0) is 13.4. The Balaban J connectivity index is 2.54. The Bertz CT molecular complexity index is 364. The lowest BCUT2D eigenvalue weighted by molar-refractivity contribution is 0.313. The van der Waals surface area contributed by atoms with E-state index in [-0.39, 0.29) is 5.75 Å². The third-order valence-electron chi connectivity index (χ3n) is 2.98. The highest BCUT2D eigenvalue weighted by atomic mass is 19.2. The van der Waals surface area contributed by atoms with Crippen LogP contribution in [0.3, 0.4) is 0 Å². The molecular weight excluding hydrogens is 234 g/mol. The van der Waals surface area contributed by atoms with Gasteiger partial charge in [0.25, 0.3) is 0 Å². The molecule has 0 saturated carbocycles. The van der Waals surface area contributed by atoms with Crippen LogP contribution in [-0.2, 0) is 6.42 Å². The van der Waals surface area contributed by atoms with E-state index in [0.717, 1.165) is 19.3 Å². The van der Waals surface area contributed by atoms with E-state index in [2.05, 4.69) is 6.92 Å². The molecule has 0 aromatic heterocycles. The first-order valence-electron chi connectivity index (χ1n) is 6.80. The van der Waals surface area contributed by atoms with Crippen LogP contribution in [0.1, 0.15) is 51.5 Å². The molecule has 0 aliphatic rings. The molecule has 0 N–H and O–H groups in total. The summed E-state index contributed by atoms with van der Waals surface area (Å²) in [6.45, 7) is 4.24. The smallest absolute Gasteiger partial charge is 0.200 e. The highest BCUT2D eigenvalue weighted by molar-refractivity contribution is 5.31. The molecule has 0 unspecified atom stereocenters. The van der Waals surface area contributed by atoms with E-state index >= 15 is 0 Å². The molecule has 0 aliphatic carbocycles. The molecular formula is C15H22F2O. The summed E-state index contributed by atoms with van der Waals surface area (Å²) in [5, 5.41) is 0. The summed E-state index contributed by atoms with van der Waals surface area (Å²) in [4.78, 5) is 0. The molecule has 1 rings (SSSR count). The number of unbranched alkanes of at least 4 members (excludes halogenated alkanes) is 4. The Hall–Kier alpha value is -1.12. The monoisotopic (exact) mass is 256 g/mol. The molecule has 0 aliphatic heterocycles. The predicted octanol–water partition coefficient (Wildman–Crippen LogP) is 4.88. The van der Waals surface area contributed by atoms with Crippen molar-refractivity contribution in [2.75, 3.05) is 6.61 Å². The second-order valence-corrected chi connectivity index (χ2v) is 4.45. The average Bonchev–Trinajstić information content (AvgIpc) is 2.37. The largest absolute Gasteiger partial charge is 0.491 e. The van der Waals surface area contributed by atoms with Crippen LogP contribution < -0.4 is 4.74 Å². The number of hydrogen-bond donors (Lipinski definition) is 0. The minimum absolute atomic E-state index is 0.00438. The van der Waals surface area contributed by atoms with Gasteiger partial charge in [-0.15, -0.1) is 0 Å². The maximum absolute atomic E-state index is 13.7. The molecule has 0 atom stereocenters. The van der Waals surface area contributed by atoms with Crippen LogP contribution in [-0.4, -0.2) is 6.61 Å². The minimum atomic E-state index is -0.858. The highest BCUT2D eigenvalue weighted by Crippen LogP contribution is 2.24. The Labute approximate surface area is 108 Å². The number of ether oxygens (including phenoxy) is 1. The summed E-state index contributed by atoms with van der Waals surface area (Å²) in [5.41, 5.74) is 0.451. The van der Waals surface area contributed by atoms with Crippen LogP contribution >= 0.6 is 0 Å². The van der Waals surface area contributed by atoms with Crippen LogP contribution in [0.5, 0.6) is 5.75 Å². The number of halogens is 2. The lowest BCUT2D eigenvalue weighted by Gasteiger charge is -2.08. The van der Waals surface area contributed by atoms with E-state index in [0.29, 0.717) is 18.6 Å². The van der Waals surface area contributed by atoms with Crippen molar-refractivity contribution in [3.05, 3.63) is 29.3 Å². The van der Waals surface area contributed by atoms with Crippen molar-refractivity contribution in [1.29, 1.82) is 0 Å². The second kappa shape index (κ2) is 8.06. The van der Waals surface area contributed by atoms with Gasteiger partial charge in [0, 0.05) is 0 Å². The molecule has 0 bridgehead atoms. The topological polar surface area (TPSA) is 9.23 Å². The second-order valence-electron chi connectivity index (χ2n) is 4.45. The van der Waals surface area contributed by atoms with Gasteiger partial charge >= 0.3 is 0 Å². The fraction of sp³-hybridized carbons (Fsp3) is 0.600.